The normalized spacial score (nSPS) is 20.1. The van der Waals surface area contributed by atoms with Gasteiger partial charge in [0.15, 0.2) is 9.84 Å². The van der Waals surface area contributed by atoms with Gasteiger partial charge in [0.25, 0.3) is 11.7 Å². The van der Waals surface area contributed by atoms with Gasteiger partial charge in [0, 0.05) is 22.9 Å². The lowest BCUT2D eigenvalue weighted by Gasteiger charge is -2.21. The number of hydrogen-bond acceptors (Lipinski definition) is 5. The van der Waals surface area contributed by atoms with E-state index in [4.69, 9.17) is 0 Å². The van der Waals surface area contributed by atoms with Gasteiger partial charge in [-0.1, -0.05) is 30.0 Å². The minimum absolute atomic E-state index is 0.0662. The van der Waals surface area contributed by atoms with Gasteiger partial charge in [-0.05, 0) is 30.0 Å². The summed E-state index contributed by atoms with van der Waals surface area (Å²) in [4.78, 5) is 15.3. The molecule has 0 spiro atoms. The van der Waals surface area contributed by atoms with Crippen molar-refractivity contribution >= 4 is 38.8 Å². The third-order valence-electron chi connectivity index (χ3n) is 4.22. The van der Waals surface area contributed by atoms with Crippen molar-refractivity contribution in [2.75, 3.05) is 18.8 Å². The molecule has 1 aromatic carbocycles. The minimum atomic E-state index is -3.37. The van der Waals surface area contributed by atoms with Crippen LogP contribution in [0, 0.1) is 0 Å². The monoisotopic (exact) mass is 417 g/mol. The molecule has 3 rings (SSSR count). The van der Waals surface area contributed by atoms with Crippen molar-refractivity contribution in [3.05, 3.63) is 52.2 Å². The molecular weight excluding hydrogens is 400 g/mol. The molecule has 1 aliphatic rings. The molecule has 4 nitrogen and oxygen atoms in total. The highest BCUT2D eigenvalue weighted by atomic mass is 32.2. The van der Waals surface area contributed by atoms with Gasteiger partial charge in [0.1, 0.15) is 0 Å². The van der Waals surface area contributed by atoms with Gasteiger partial charge in [-0.25, -0.2) is 8.42 Å². The number of carbonyl (C=O) groups excluding carboxylic acids is 1. The Kier molecular flexibility index (Phi) is 5.99. The Morgan fingerprint density at radius 2 is 1.96 bits per heavy atom. The van der Waals surface area contributed by atoms with Crippen LogP contribution in [-0.2, 0) is 9.84 Å². The van der Waals surface area contributed by atoms with Gasteiger partial charge in [-0.15, -0.1) is 11.3 Å². The Morgan fingerprint density at radius 1 is 1.19 bits per heavy atom. The van der Waals surface area contributed by atoms with Crippen LogP contribution in [0.4, 0.5) is 8.78 Å². The number of rotatable bonds is 4. The lowest BCUT2D eigenvalue weighted by molar-refractivity contribution is 0.0763. The Bertz CT molecular complexity index is 869. The van der Waals surface area contributed by atoms with E-state index < -0.39 is 26.8 Å². The van der Waals surface area contributed by atoms with Crippen LogP contribution in [-0.4, -0.2) is 43.8 Å². The number of alkyl halides is 2. The second-order valence-corrected chi connectivity index (χ2v) is 10.1. The van der Waals surface area contributed by atoms with Crippen LogP contribution in [0.3, 0.4) is 0 Å². The van der Waals surface area contributed by atoms with Crippen molar-refractivity contribution < 1.29 is 22.0 Å². The molecule has 140 valence electrons. The number of thioether (sulfide) groups is 1. The number of sulfone groups is 1. The first-order valence-corrected chi connectivity index (χ1v) is 11.4. The van der Waals surface area contributed by atoms with Crippen LogP contribution in [0.1, 0.15) is 26.9 Å². The van der Waals surface area contributed by atoms with Crippen LogP contribution in [0.25, 0.3) is 0 Å². The third kappa shape index (κ3) is 4.27. The largest absolute Gasteiger partial charge is 0.338 e. The number of halogens is 2. The Balaban J connectivity index is 1.82. The smallest absolute Gasteiger partial charge is 0.288 e. The van der Waals surface area contributed by atoms with Crippen molar-refractivity contribution in [2.24, 2.45) is 0 Å². The van der Waals surface area contributed by atoms with E-state index >= 15 is 0 Å². The predicted octanol–water partition coefficient (Wildman–Crippen LogP) is 4.06. The highest BCUT2D eigenvalue weighted by Gasteiger charge is 2.34. The third-order valence-corrected chi connectivity index (χ3v) is 8.25. The molecule has 1 atom stereocenters. The van der Waals surface area contributed by atoms with E-state index in [0.717, 1.165) is 4.88 Å². The summed E-state index contributed by atoms with van der Waals surface area (Å²) in [5, 5.41) is 1.21. The van der Waals surface area contributed by atoms with E-state index in [0.29, 0.717) is 18.2 Å². The summed E-state index contributed by atoms with van der Waals surface area (Å²) in [5.74, 6) is -3.17. The summed E-state index contributed by atoms with van der Waals surface area (Å²) in [6, 6.07) is 9.79. The number of thiophene rings is 1. The van der Waals surface area contributed by atoms with E-state index in [2.05, 4.69) is 0 Å². The van der Waals surface area contributed by atoms with Crippen molar-refractivity contribution in [1.82, 2.24) is 4.90 Å². The first-order chi connectivity index (χ1) is 12.4. The minimum Gasteiger partial charge on any atom is -0.338 e. The Morgan fingerprint density at radius 3 is 2.65 bits per heavy atom. The van der Waals surface area contributed by atoms with E-state index in [1.807, 2.05) is 5.38 Å². The fraction of sp³-hybridized carbons (Fsp3) is 0.353. The molecule has 0 N–H and O–H groups in total. The van der Waals surface area contributed by atoms with Gasteiger partial charge in [0.2, 0.25) is 0 Å². The molecule has 0 bridgehead atoms. The van der Waals surface area contributed by atoms with E-state index in [9.17, 15) is 22.0 Å². The quantitative estimate of drug-likeness (QED) is 0.704. The average Bonchev–Trinajstić information content (AvgIpc) is 3.06. The molecule has 2 heterocycles. The fourth-order valence-electron chi connectivity index (χ4n) is 2.95. The van der Waals surface area contributed by atoms with Crippen LogP contribution in [0.2, 0.25) is 0 Å². The highest BCUT2D eigenvalue weighted by molar-refractivity contribution is 7.99. The maximum absolute atomic E-state index is 12.8. The Hall–Kier alpha value is -1.45. The number of nitrogens with zero attached hydrogens (tertiary/aromatic N) is 1. The molecule has 0 radical (unpaired) electrons. The van der Waals surface area contributed by atoms with Crippen molar-refractivity contribution in [3.8, 4) is 0 Å². The maximum atomic E-state index is 12.8. The Labute approximate surface area is 159 Å². The van der Waals surface area contributed by atoms with Gasteiger partial charge in [0.05, 0.1) is 16.6 Å². The van der Waals surface area contributed by atoms with Crippen molar-refractivity contribution in [1.29, 1.82) is 0 Å². The second-order valence-electron chi connectivity index (χ2n) is 5.83. The number of hydrogen-bond donors (Lipinski definition) is 0. The number of carbonyl (C=O) groups is 1. The molecular formula is C17H17F2NO3S3. The molecule has 2 aromatic rings. The molecule has 1 aliphatic heterocycles. The first kappa shape index (κ1) is 19.3. The van der Waals surface area contributed by atoms with Gasteiger partial charge < -0.3 is 4.90 Å². The van der Waals surface area contributed by atoms with Gasteiger partial charge in [-0.3, -0.25) is 4.79 Å². The number of benzene rings is 1. The zero-order chi connectivity index (χ0) is 18.7. The summed E-state index contributed by atoms with van der Waals surface area (Å²) in [5.41, 5.74) is 0.185. The highest BCUT2D eigenvalue weighted by Crippen LogP contribution is 2.34. The molecule has 1 aromatic heterocycles. The van der Waals surface area contributed by atoms with Crippen molar-refractivity contribution in [2.45, 2.75) is 22.3 Å². The zero-order valence-electron chi connectivity index (χ0n) is 13.7. The summed E-state index contributed by atoms with van der Waals surface area (Å²) in [6.07, 6.45) is 0.304. The van der Waals surface area contributed by atoms with Crippen molar-refractivity contribution in [3.63, 3.8) is 0 Å². The van der Waals surface area contributed by atoms with E-state index in [1.165, 1.54) is 28.4 Å². The fourth-order valence-corrected chi connectivity index (χ4v) is 6.59. The van der Waals surface area contributed by atoms with E-state index in [-0.39, 0.29) is 29.3 Å². The predicted molar refractivity (Wildman–Crippen MR) is 99.7 cm³/mol. The van der Waals surface area contributed by atoms with Gasteiger partial charge in [-0.2, -0.15) is 8.78 Å². The lowest BCUT2D eigenvalue weighted by Crippen LogP contribution is -2.34. The molecule has 0 unspecified atom stereocenters. The lowest BCUT2D eigenvalue weighted by atomic mass is 10.1. The maximum Gasteiger partial charge on any atom is 0.288 e. The summed E-state index contributed by atoms with van der Waals surface area (Å²) in [7, 11) is -3.37. The van der Waals surface area contributed by atoms with Crippen LogP contribution in [0.15, 0.2) is 46.7 Å². The summed E-state index contributed by atoms with van der Waals surface area (Å²) >= 11 is 1.71. The molecule has 26 heavy (non-hydrogen) atoms. The molecule has 0 saturated carbocycles. The summed E-state index contributed by atoms with van der Waals surface area (Å²) < 4.78 is 50.6. The first-order valence-electron chi connectivity index (χ1n) is 7.96. The zero-order valence-corrected chi connectivity index (χ0v) is 16.1. The molecule has 1 amide bonds. The molecule has 0 aliphatic carbocycles. The van der Waals surface area contributed by atoms with Crippen LogP contribution < -0.4 is 0 Å². The van der Waals surface area contributed by atoms with Gasteiger partial charge >= 0.3 is 0 Å². The SMILES string of the molecule is O=C(c1ccccc1SC(F)F)N1CC[C@H](c2cccs2)S(=O)(=O)CC1. The molecule has 9 heteroatoms. The van der Waals surface area contributed by atoms with E-state index in [1.54, 1.807) is 24.3 Å². The molecule has 1 saturated heterocycles. The summed E-state index contributed by atoms with van der Waals surface area (Å²) in [6.45, 7) is 0.338. The molecule has 1 fully saturated rings. The van der Waals surface area contributed by atoms with Crippen LogP contribution >= 0.6 is 23.1 Å². The standard InChI is InChI=1S/C17H17F2NO3S3/c18-17(19)25-13-5-2-1-4-12(13)16(21)20-8-7-15(14-6-3-10-24-14)26(22,23)11-9-20/h1-6,10,15,17H,7-9,11H2/t15-/m1/s1. The topological polar surface area (TPSA) is 54.5 Å². The second kappa shape index (κ2) is 8.06. The average molecular weight is 418 g/mol. The number of amides is 1. The van der Waals surface area contributed by atoms with Crippen LogP contribution in [0.5, 0.6) is 0 Å².